The summed E-state index contributed by atoms with van der Waals surface area (Å²) >= 11 is 5.11. The number of carbonyl (C=O) groups excluding carboxylic acids is 1. The highest BCUT2D eigenvalue weighted by atomic mass is 32.2. The largest absolute Gasteiger partial charge is 0.392 e. The van der Waals surface area contributed by atoms with Crippen LogP contribution in [0.4, 0.5) is 0 Å². The molecule has 0 atom stereocenters. The van der Waals surface area contributed by atoms with Gasteiger partial charge in [0.1, 0.15) is 5.41 Å². The first-order valence-electron chi connectivity index (χ1n) is 6.08. The Hall–Kier alpha value is -0.530. The van der Waals surface area contributed by atoms with E-state index >= 15 is 0 Å². The maximum Gasteiger partial charge on any atom is 0.235 e. The first-order valence-corrected chi connectivity index (χ1v) is 7.98. The first-order chi connectivity index (χ1) is 8.56. The number of nitrogens with zero attached hydrogens (tertiary/aromatic N) is 1. The summed E-state index contributed by atoms with van der Waals surface area (Å²) in [4.78, 5) is 14.6. The molecule has 0 aromatic heterocycles. The predicted molar refractivity (Wildman–Crippen MR) is 73.7 cm³/mol. The molecule has 2 N–H and O–H groups in total. The molecule has 2 fully saturated rings. The molecule has 0 aliphatic carbocycles. The fraction of sp³-hybridized carbons (Fsp3) is 0.818. The molecule has 7 heteroatoms. The highest BCUT2D eigenvalue weighted by molar-refractivity contribution is 7.85. The lowest BCUT2D eigenvalue weighted by Gasteiger charge is -2.40. The van der Waals surface area contributed by atoms with Gasteiger partial charge in [-0.05, 0) is 12.8 Å². The van der Waals surface area contributed by atoms with Gasteiger partial charge in [0.2, 0.25) is 5.91 Å². The molecule has 102 valence electrons. The van der Waals surface area contributed by atoms with Crippen LogP contribution in [0.2, 0.25) is 0 Å². The summed E-state index contributed by atoms with van der Waals surface area (Å²) in [6.45, 7) is 2.11. The summed E-state index contributed by atoms with van der Waals surface area (Å²) in [6, 6.07) is 0. The summed E-state index contributed by atoms with van der Waals surface area (Å²) in [7, 11) is -0.789. The third-order valence-corrected chi connectivity index (χ3v) is 5.36. The minimum Gasteiger partial charge on any atom is -0.392 e. The van der Waals surface area contributed by atoms with Crippen molar-refractivity contribution in [3.8, 4) is 0 Å². The average Bonchev–Trinajstić information content (AvgIpc) is 2.39. The molecule has 2 heterocycles. The van der Waals surface area contributed by atoms with Crippen molar-refractivity contribution in [1.29, 1.82) is 0 Å². The number of thiocarbonyl (C=S) groups is 1. The molecule has 2 aliphatic rings. The third kappa shape index (κ3) is 2.57. The Labute approximate surface area is 114 Å². The van der Waals surface area contributed by atoms with E-state index in [9.17, 15) is 9.00 Å². The second-order valence-corrected chi connectivity index (χ2v) is 6.83. The van der Waals surface area contributed by atoms with E-state index in [-0.39, 0.29) is 10.9 Å². The monoisotopic (exact) mass is 290 g/mol. The SMILES string of the molecule is NC(=S)C1(C(=O)N2CCS(=O)CC2)CCOCC1. The van der Waals surface area contributed by atoms with E-state index in [1.54, 1.807) is 4.90 Å². The van der Waals surface area contributed by atoms with Gasteiger partial charge in [0, 0.05) is 48.6 Å². The van der Waals surface area contributed by atoms with E-state index < -0.39 is 16.2 Å². The lowest BCUT2D eigenvalue weighted by molar-refractivity contribution is -0.142. The van der Waals surface area contributed by atoms with Crippen molar-refractivity contribution in [3.05, 3.63) is 0 Å². The number of rotatable bonds is 2. The molecule has 2 saturated heterocycles. The minimum atomic E-state index is -0.789. The number of nitrogens with two attached hydrogens (primary N) is 1. The zero-order valence-electron chi connectivity index (χ0n) is 10.2. The fourth-order valence-electron chi connectivity index (χ4n) is 2.43. The fourth-order valence-corrected chi connectivity index (χ4v) is 3.77. The van der Waals surface area contributed by atoms with E-state index in [1.165, 1.54) is 0 Å². The van der Waals surface area contributed by atoms with Crippen molar-refractivity contribution in [2.75, 3.05) is 37.8 Å². The van der Waals surface area contributed by atoms with Crippen LogP contribution in [-0.2, 0) is 20.3 Å². The van der Waals surface area contributed by atoms with Crippen LogP contribution in [-0.4, -0.2) is 57.8 Å². The van der Waals surface area contributed by atoms with Crippen LogP contribution in [0.3, 0.4) is 0 Å². The smallest absolute Gasteiger partial charge is 0.235 e. The standard InChI is InChI=1S/C11H18N2O3S2/c12-9(17)11(1-5-16-6-2-11)10(14)13-3-7-18(15)8-4-13/h1-8H2,(H2,12,17). The van der Waals surface area contributed by atoms with Gasteiger partial charge < -0.3 is 15.4 Å². The summed E-state index contributed by atoms with van der Waals surface area (Å²) in [5.74, 6) is 1.10. The molecular formula is C11H18N2O3S2. The molecule has 0 bridgehead atoms. The number of ether oxygens (including phenoxy) is 1. The van der Waals surface area contributed by atoms with Crippen LogP contribution in [0.5, 0.6) is 0 Å². The summed E-state index contributed by atoms with van der Waals surface area (Å²) in [5, 5.41) is 0. The van der Waals surface area contributed by atoms with Gasteiger partial charge in [-0.3, -0.25) is 9.00 Å². The van der Waals surface area contributed by atoms with Gasteiger partial charge >= 0.3 is 0 Å². The van der Waals surface area contributed by atoms with Crippen LogP contribution in [0.15, 0.2) is 0 Å². The molecule has 0 spiro atoms. The number of hydrogen-bond acceptors (Lipinski definition) is 4. The van der Waals surface area contributed by atoms with Gasteiger partial charge in [-0.15, -0.1) is 0 Å². The Bertz CT molecular complexity index is 370. The molecule has 0 unspecified atom stereocenters. The Kier molecular flexibility index (Phi) is 4.34. The normalized spacial score (nSPS) is 24.8. The van der Waals surface area contributed by atoms with E-state index in [1.807, 2.05) is 0 Å². The molecule has 2 aliphatic heterocycles. The highest BCUT2D eigenvalue weighted by Crippen LogP contribution is 2.33. The summed E-state index contributed by atoms with van der Waals surface area (Å²) in [5.41, 5.74) is 5.06. The van der Waals surface area contributed by atoms with Gasteiger partial charge in [0.15, 0.2) is 0 Å². The van der Waals surface area contributed by atoms with Crippen molar-refractivity contribution in [2.45, 2.75) is 12.8 Å². The van der Waals surface area contributed by atoms with Gasteiger partial charge in [-0.25, -0.2) is 0 Å². The lowest BCUT2D eigenvalue weighted by Crippen LogP contribution is -2.55. The zero-order valence-corrected chi connectivity index (χ0v) is 11.9. The summed E-state index contributed by atoms with van der Waals surface area (Å²) < 4.78 is 16.6. The van der Waals surface area contributed by atoms with Gasteiger partial charge in [0.25, 0.3) is 0 Å². The van der Waals surface area contributed by atoms with Gasteiger partial charge in [-0.1, -0.05) is 12.2 Å². The Morgan fingerprint density at radius 1 is 1.28 bits per heavy atom. The molecule has 0 saturated carbocycles. The average molecular weight is 290 g/mol. The topological polar surface area (TPSA) is 72.6 Å². The Morgan fingerprint density at radius 2 is 1.83 bits per heavy atom. The van der Waals surface area contributed by atoms with Crippen LogP contribution in [0.1, 0.15) is 12.8 Å². The van der Waals surface area contributed by atoms with Crippen LogP contribution in [0, 0.1) is 5.41 Å². The second-order valence-electron chi connectivity index (χ2n) is 4.70. The molecular weight excluding hydrogens is 272 g/mol. The van der Waals surface area contributed by atoms with Crippen LogP contribution >= 0.6 is 12.2 Å². The lowest BCUT2D eigenvalue weighted by atomic mass is 9.78. The number of hydrogen-bond donors (Lipinski definition) is 1. The van der Waals surface area contributed by atoms with Crippen LogP contribution < -0.4 is 5.73 Å². The predicted octanol–water partition coefficient (Wildman–Crippen LogP) is -0.340. The Balaban J connectivity index is 2.13. The van der Waals surface area contributed by atoms with Crippen molar-refractivity contribution < 1.29 is 13.7 Å². The van der Waals surface area contributed by atoms with Gasteiger partial charge in [0.05, 0.1) is 4.99 Å². The van der Waals surface area contributed by atoms with Crippen molar-refractivity contribution in [1.82, 2.24) is 4.90 Å². The maximum atomic E-state index is 12.6. The molecule has 0 aromatic rings. The van der Waals surface area contributed by atoms with E-state index in [2.05, 4.69) is 0 Å². The first kappa shape index (κ1) is 13.9. The van der Waals surface area contributed by atoms with Crippen LogP contribution in [0.25, 0.3) is 0 Å². The molecule has 2 rings (SSSR count). The van der Waals surface area contributed by atoms with Crippen molar-refractivity contribution in [3.63, 3.8) is 0 Å². The van der Waals surface area contributed by atoms with E-state index in [4.69, 9.17) is 22.7 Å². The third-order valence-electron chi connectivity index (χ3n) is 3.69. The van der Waals surface area contributed by atoms with Crippen molar-refractivity contribution >= 4 is 33.9 Å². The Morgan fingerprint density at radius 3 is 2.33 bits per heavy atom. The summed E-state index contributed by atoms with van der Waals surface area (Å²) in [6.07, 6.45) is 1.11. The molecule has 0 radical (unpaired) electrons. The van der Waals surface area contributed by atoms with E-state index in [0.29, 0.717) is 50.7 Å². The minimum absolute atomic E-state index is 0.00463. The molecule has 5 nitrogen and oxygen atoms in total. The highest BCUT2D eigenvalue weighted by Gasteiger charge is 2.45. The van der Waals surface area contributed by atoms with Gasteiger partial charge in [-0.2, -0.15) is 0 Å². The number of amides is 1. The molecule has 18 heavy (non-hydrogen) atoms. The van der Waals surface area contributed by atoms with Crippen molar-refractivity contribution in [2.24, 2.45) is 11.1 Å². The maximum absolute atomic E-state index is 12.6. The molecule has 0 aromatic carbocycles. The zero-order chi connectivity index (χ0) is 13.2. The van der Waals surface area contributed by atoms with E-state index in [0.717, 1.165) is 0 Å². The second kappa shape index (κ2) is 5.63. The quantitative estimate of drug-likeness (QED) is 0.705. The number of carbonyl (C=O) groups is 1. The molecule has 1 amide bonds.